The zero-order valence-electron chi connectivity index (χ0n) is 13.3. The van der Waals surface area contributed by atoms with Crippen LogP contribution in [0.3, 0.4) is 0 Å². The van der Waals surface area contributed by atoms with E-state index < -0.39 is 0 Å². The van der Waals surface area contributed by atoms with Gasteiger partial charge in [-0.05, 0) is 24.6 Å². The van der Waals surface area contributed by atoms with Gasteiger partial charge in [-0.3, -0.25) is 14.4 Å². The summed E-state index contributed by atoms with van der Waals surface area (Å²) in [5.74, 6) is -0.289. The minimum Gasteiger partial charge on any atom is -0.342 e. The van der Waals surface area contributed by atoms with E-state index in [0.717, 1.165) is 16.4 Å². The van der Waals surface area contributed by atoms with Crippen LogP contribution < -0.4 is 4.90 Å². The molecule has 1 heterocycles. The Kier molecular flexibility index (Phi) is 5.76. The Bertz CT molecular complexity index is 613. The lowest BCUT2D eigenvalue weighted by Crippen LogP contribution is -2.51. The number of nitrogens with zero attached hydrogens (tertiary/aromatic N) is 3. The van der Waals surface area contributed by atoms with Gasteiger partial charge in [0.1, 0.15) is 6.54 Å². The fourth-order valence-electron chi connectivity index (χ4n) is 2.45. The summed E-state index contributed by atoms with van der Waals surface area (Å²) in [5, 5.41) is 0. The molecule has 0 unspecified atom stereocenters. The van der Waals surface area contributed by atoms with E-state index in [-0.39, 0.29) is 18.4 Å². The van der Waals surface area contributed by atoms with E-state index in [0.29, 0.717) is 31.9 Å². The molecule has 0 spiro atoms. The van der Waals surface area contributed by atoms with Gasteiger partial charge in [-0.25, -0.2) is 0 Å². The fraction of sp³-hybridized carbons (Fsp3) is 0.438. The molecular formula is C16H20BrN3O3. The van der Waals surface area contributed by atoms with Crippen molar-refractivity contribution in [1.29, 1.82) is 0 Å². The Morgan fingerprint density at radius 1 is 1.26 bits per heavy atom. The summed E-state index contributed by atoms with van der Waals surface area (Å²) in [4.78, 5) is 39.9. The average Bonchev–Trinajstić information content (AvgIpc) is 2.55. The molecule has 23 heavy (non-hydrogen) atoms. The van der Waals surface area contributed by atoms with Gasteiger partial charge in [-0.15, -0.1) is 0 Å². The second-order valence-corrected chi connectivity index (χ2v) is 6.42. The van der Waals surface area contributed by atoms with Crippen LogP contribution in [0.5, 0.6) is 0 Å². The van der Waals surface area contributed by atoms with Gasteiger partial charge in [0.2, 0.25) is 18.2 Å². The van der Waals surface area contributed by atoms with Gasteiger partial charge in [0.05, 0.1) is 0 Å². The van der Waals surface area contributed by atoms with Crippen molar-refractivity contribution in [2.24, 2.45) is 0 Å². The molecule has 1 aromatic rings. The maximum Gasteiger partial charge on any atom is 0.242 e. The molecular weight excluding hydrogens is 362 g/mol. The lowest BCUT2D eigenvalue weighted by molar-refractivity contribution is -0.134. The Hall–Kier alpha value is -1.89. The molecule has 0 aliphatic carbocycles. The smallest absolute Gasteiger partial charge is 0.242 e. The number of aryl methyl sites for hydroxylation is 1. The van der Waals surface area contributed by atoms with Gasteiger partial charge >= 0.3 is 0 Å². The molecule has 124 valence electrons. The quantitative estimate of drug-likeness (QED) is 0.740. The molecule has 1 aliphatic heterocycles. The minimum absolute atomic E-state index is 0.00588. The first-order valence-electron chi connectivity index (χ1n) is 7.43. The Morgan fingerprint density at radius 3 is 2.43 bits per heavy atom. The monoisotopic (exact) mass is 381 g/mol. The summed E-state index contributed by atoms with van der Waals surface area (Å²) in [6.45, 7) is 5.49. The number of rotatable bonds is 4. The van der Waals surface area contributed by atoms with Crippen molar-refractivity contribution < 1.29 is 14.4 Å². The van der Waals surface area contributed by atoms with Crippen LogP contribution in [0.15, 0.2) is 22.7 Å². The molecule has 1 fully saturated rings. The molecule has 1 aliphatic rings. The van der Waals surface area contributed by atoms with Crippen molar-refractivity contribution in [2.75, 3.05) is 37.6 Å². The summed E-state index contributed by atoms with van der Waals surface area (Å²) in [7, 11) is 0. The first-order valence-corrected chi connectivity index (χ1v) is 8.23. The van der Waals surface area contributed by atoms with Crippen LogP contribution in [0.4, 0.5) is 5.69 Å². The van der Waals surface area contributed by atoms with Gasteiger partial charge in [-0.1, -0.05) is 22.0 Å². The molecule has 0 bridgehead atoms. The van der Waals surface area contributed by atoms with Crippen LogP contribution in [-0.2, 0) is 14.4 Å². The average molecular weight is 382 g/mol. The van der Waals surface area contributed by atoms with Crippen molar-refractivity contribution in [3.63, 3.8) is 0 Å². The molecule has 1 saturated heterocycles. The van der Waals surface area contributed by atoms with E-state index in [9.17, 15) is 14.4 Å². The van der Waals surface area contributed by atoms with Gasteiger partial charge < -0.3 is 14.7 Å². The number of halogens is 1. The van der Waals surface area contributed by atoms with Crippen LogP contribution >= 0.6 is 15.9 Å². The highest BCUT2D eigenvalue weighted by Crippen LogP contribution is 2.24. The highest BCUT2D eigenvalue weighted by Gasteiger charge is 2.24. The predicted octanol–water partition coefficient (Wildman–Crippen LogP) is 1.41. The lowest BCUT2D eigenvalue weighted by atomic mass is 10.2. The van der Waals surface area contributed by atoms with E-state index in [4.69, 9.17) is 0 Å². The van der Waals surface area contributed by atoms with Crippen LogP contribution in [0.2, 0.25) is 0 Å². The molecule has 0 N–H and O–H groups in total. The molecule has 7 heteroatoms. The SMILES string of the molecule is CC(=O)N(CC(=O)N1CCN(C=O)CC1)c1ccc(C)c(Br)c1. The van der Waals surface area contributed by atoms with Crippen molar-refractivity contribution in [2.45, 2.75) is 13.8 Å². The first-order chi connectivity index (χ1) is 10.9. The van der Waals surface area contributed by atoms with E-state index in [1.54, 1.807) is 9.80 Å². The fourth-order valence-corrected chi connectivity index (χ4v) is 2.81. The number of carbonyl (C=O) groups is 3. The van der Waals surface area contributed by atoms with Crippen LogP contribution in [-0.4, -0.2) is 60.7 Å². The Morgan fingerprint density at radius 2 is 1.91 bits per heavy atom. The maximum atomic E-state index is 12.4. The van der Waals surface area contributed by atoms with Crippen LogP contribution in [0.1, 0.15) is 12.5 Å². The topological polar surface area (TPSA) is 60.9 Å². The standard InChI is InChI=1S/C16H20BrN3O3/c1-12-3-4-14(9-15(12)17)20(13(2)22)10-16(23)19-7-5-18(11-21)6-8-19/h3-4,9,11H,5-8,10H2,1-2H3. The van der Waals surface area contributed by atoms with E-state index in [1.165, 1.54) is 11.8 Å². The summed E-state index contributed by atoms with van der Waals surface area (Å²) in [6.07, 6.45) is 0.799. The van der Waals surface area contributed by atoms with Crippen LogP contribution in [0.25, 0.3) is 0 Å². The first kappa shape index (κ1) is 17.5. The van der Waals surface area contributed by atoms with Crippen LogP contribution in [0, 0.1) is 6.92 Å². The number of amides is 3. The Balaban J connectivity index is 2.07. The van der Waals surface area contributed by atoms with Gasteiger partial charge in [0, 0.05) is 43.3 Å². The number of carbonyl (C=O) groups excluding carboxylic acids is 3. The minimum atomic E-state index is -0.180. The molecule has 0 atom stereocenters. The third kappa shape index (κ3) is 4.31. The third-order valence-electron chi connectivity index (χ3n) is 3.96. The molecule has 1 aromatic carbocycles. The highest BCUT2D eigenvalue weighted by molar-refractivity contribution is 9.10. The number of benzene rings is 1. The zero-order valence-corrected chi connectivity index (χ0v) is 14.9. The van der Waals surface area contributed by atoms with Gasteiger partial charge in [0.25, 0.3) is 0 Å². The molecule has 3 amide bonds. The Labute approximate surface area is 144 Å². The summed E-state index contributed by atoms with van der Waals surface area (Å²) < 4.78 is 0.897. The van der Waals surface area contributed by atoms with Gasteiger partial charge in [-0.2, -0.15) is 0 Å². The second kappa shape index (κ2) is 7.59. The van der Waals surface area contributed by atoms with Crippen molar-refractivity contribution in [1.82, 2.24) is 9.80 Å². The molecule has 2 rings (SSSR count). The number of piperazine rings is 1. The van der Waals surface area contributed by atoms with Crippen molar-refractivity contribution >= 4 is 39.8 Å². The van der Waals surface area contributed by atoms with E-state index >= 15 is 0 Å². The van der Waals surface area contributed by atoms with E-state index in [1.807, 2.05) is 25.1 Å². The number of hydrogen-bond acceptors (Lipinski definition) is 3. The number of anilines is 1. The van der Waals surface area contributed by atoms with Crippen molar-refractivity contribution in [3.8, 4) is 0 Å². The molecule has 0 aromatic heterocycles. The normalized spacial score (nSPS) is 14.6. The van der Waals surface area contributed by atoms with Crippen molar-refractivity contribution in [3.05, 3.63) is 28.2 Å². The summed E-state index contributed by atoms with van der Waals surface area (Å²) in [5.41, 5.74) is 1.75. The van der Waals surface area contributed by atoms with E-state index in [2.05, 4.69) is 15.9 Å². The summed E-state index contributed by atoms with van der Waals surface area (Å²) in [6, 6.07) is 5.58. The lowest BCUT2D eigenvalue weighted by Gasteiger charge is -2.34. The zero-order chi connectivity index (χ0) is 17.0. The maximum absolute atomic E-state index is 12.4. The molecule has 0 radical (unpaired) electrons. The molecule has 6 nitrogen and oxygen atoms in total. The number of hydrogen-bond donors (Lipinski definition) is 0. The summed E-state index contributed by atoms with van der Waals surface area (Å²) >= 11 is 3.45. The second-order valence-electron chi connectivity index (χ2n) is 5.56. The third-order valence-corrected chi connectivity index (χ3v) is 4.81. The largest absolute Gasteiger partial charge is 0.342 e. The predicted molar refractivity (Wildman–Crippen MR) is 91.1 cm³/mol. The highest BCUT2D eigenvalue weighted by atomic mass is 79.9. The van der Waals surface area contributed by atoms with Gasteiger partial charge in [0.15, 0.2) is 0 Å². The molecule has 0 saturated carbocycles.